The Morgan fingerprint density at radius 3 is 2.75 bits per heavy atom. The number of aryl methyl sites for hydroxylation is 2. The second-order valence-electron chi connectivity index (χ2n) is 6.38. The van der Waals surface area contributed by atoms with Crippen LogP contribution in [0.1, 0.15) is 34.6 Å². The van der Waals surface area contributed by atoms with Gasteiger partial charge in [-0.25, -0.2) is 0 Å². The minimum atomic E-state index is -0.146. The van der Waals surface area contributed by atoms with Gasteiger partial charge in [-0.1, -0.05) is 23.7 Å². The summed E-state index contributed by atoms with van der Waals surface area (Å²) in [5.74, 6) is -0.106. The standard InChI is InChI=1S/C18H22ClN3O2/c1-13-10-16(22(2)21-13)17(23)20-12-18(6-8-24-9-7-18)14-4-3-5-15(19)11-14/h3-5,10-11H,6-9,12H2,1-2H3,(H,20,23). The summed E-state index contributed by atoms with van der Waals surface area (Å²) < 4.78 is 7.14. The molecule has 1 aromatic heterocycles. The van der Waals surface area contributed by atoms with Crippen LogP contribution in [0.4, 0.5) is 0 Å². The van der Waals surface area contributed by atoms with Gasteiger partial charge in [0.2, 0.25) is 0 Å². The van der Waals surface area contributed by atoms with E-state index in [1.807, 2.05) is 25.1 Å². The minimum absolute atomic E-state index is 0.106. The molecule has 0 unspecified atom stereocenters. The first-order chi connectivity index (χ1) is 11.5. The monoisotopic (exact) mass is 347 g/mol. The van der Waals surface area contributed by atoms with Crippen LogP contribution in [0.2, 0.25) is 5.02 Å². The molecule has 0 radical (unpaired) electrons. The molecular weight excluding hydrogens is 326 g/mol. The zero-order valence-corrected chi connectivity index (χ0v) is 14.8. The molecule has 0 atom stereocenters. The second kappa shape index (κ2) is 6.95. The molecule has 2 aromatic rings. The number of carbonyl (C=O) groups is 1. The van der Waals surface area contributed by atoms with E-state index >= 15 is 0 Å². The number of amides is 1. The highest BCUT2D eigenvalue weighted by Crippen LogP contribution is 2.35. The molecule has 1 fully saturated rings. The first-order valence-corrected chi connectivity index (χ1v) is 8.51. The van der Waals surface area contributed by atoms with E-state index in [2.05, 4.69) is 16.5 Å². The van der Waals surface area contributed by atoms with Gasteiger partial charge < -0.3 is 10.1 Å². The highest BCUT2D eigenvalue weighted by atomic mass is 35.5. The Hall–Kier alpha value is -1.85. The Balaban J connectivity index is 1.80. The van der Waals surface area contributed by atoms with Crippen LogP contribution >= 0.6 is 11.6 Å². The van der Waals surface area contributed by atoms with Gasteiger partial charge in [-0.3, -0.25) is 9.48 Å². The van der Waals surface area contributed by atoms with Crippen molar-refractivity contribution in [1.29, 1.82) is 0 Å². The fraction of sp³-hybridized carbons (Fsp3) is 0.444. The molecule has 1 aliphatic rings. The van der Waals surface area contributed by atoms with E-state index in [9.17, 15) is 4.79 Å². The molecule has 2 heterocycles. The number of carbonyl (C=O) groups excluding carboxylic acids is 1. The number of hydrogen-bond acceptors (Lipinski definition) is 3. The lowest BCUT2D eigenvalue weighted by atomic mass is 9.74. The SMILES string of the molecule is Cc1cc(C(=O)NCC2(c3cccc(Cl)c3)CCOCC2)n(C)n1. The van der Waals surface area contributed by atoms with Crippen LogP contribution in [0, 0.1) is 6.92 Å². The van der Waals surface area contributed by atoms with E-state index in [4.69, 9.17) is 16.3 Å². The molecule has 24 heavy (non-hydrogen) atoms. The highest BCUT2D eigenvalue weighted by Gasteiger charge is 2.35. The summed E-state index contributed by atoms with van der Waals surface area (Å²) in [6, 6.07) is 9.70. The molecule has 0 bridgehead atoms. The second-order valence-corrected chi connectivity index (χ2v) is 6.82. The van der Waals surface area contributed by atoms with Crippen LogP contribution in [0.5, 0.6) is 0 Å². The molecule has 6 heteroatoms. The van der Waals surface area contributed by atoms with Crippen molar-refractivity contribution < 1.29 is 9.53 Å². The molecule has 1 saturated heterocycles. The zero-order valence-electron chi connectivity index (χ0n) is 14.0. The molecule has 1 aromatic carbocycles. The zero-order chi connectivity index (χ0) is 17.2. The van der Waals surface area contributed by atoms with Crippen molar-refractivity contribution in [3.8, 4) is 0 Å². The van der Waals surface area contributed by atoms with Crippen LogP contribution in [0.15, 0.2) is 30.3 Å². The normalized spacial score (nSPS) is 16.8. The van der Waals surface area contributed by atoms with Crippen molar-refractivity contribution in [2.45, 2.75) is 25.2 Å². The molecular formula is C18H22ClN3O2. The maximum absolute atomic E-state index is 12.5. The summed E-state index contributed by atoms with van der Waals surface area (Å²) in [5, 5.41) is 8.03. The van der Waals surface area contributed by atoms with Crippen molar-refractivity contribution in [2.75, 3.05) is 19.8 Å². The quantitative estimate of drug-likeness (QED) is 0.925. The molecule has 1 amide bonds. The van der Waals surface area contributed by atoms with E-state index in [1.165, 1.54) is 0 Å². The Kier molecular flexibility index (Phi) is 4.92. The van der Waals surface area contributed by atoms with E-state index in [1.54, 1.807) is 17.8 Å². The van der Waals surface area contributed by atoms with E-state index in [-0.39, 0.29) is 11.3 Å². The lowest BCUT2D eigenvalue weighted by Crippen LogP contribution is -2.44. The molecule has 128 valence electrons. The summed E-state index contributed by atoms with van der Waals surface area (Å²) in [6.07, 6.45) is 1.72. The van der Waals surface area contributed by atoms with Gasteiger partial charge >= 0.3 is 0 Å². The topological polar surface area (TPSA) is 56.1 Å². The van der Waals surface area contributed by atoms with Crippen LogP contribution in [-0.2, 0) is 17.2 Å². The van der Waals surface area contributed by atoms with E-state index < -0.39 is 0 Å². The molecule has 0 spiro atoms. The Bertz CT molecular complexity index is 736. The number of benzene rings is 1. The minimum Gasteiger partial charge on any atom is -0.381 e. The highest BCUT2D eigenvalue weighted by molar-refractivity contribution is 6.30. The average Bonchev–Trinajstić information content (AvgIpc) is 2.92. The van der Waals surface area contributed by atoms with E-state index in [0.29, 0.717) is 30.5 Å². The third-order valence-electron chi connectivity index (χ3n) is 4.71. The number of rotatable bonds is 4. The third-order valence-corrected chi connectivity index (χ3v) is 4.94. The maximum Gasteiger partial charge on any atom is 0.269 e. The number of nitrogens with zero attached hydrogens (tertiary/aromatic N) is 2. The van der Waals surface area contributed by atoms with Crippen LogP contribution in [-0.4, -0.2) is 35.4 Å². The predicted octanol–water partition coefficient (Wildman–Crippen LogP) is 2.86. The van der Waals surface area contributed by atoms with Crippen LogP contribution in [0.3, 0.4) is 0 Å². The number of aromatic nitrogens is 2. The van der Waals surface area contributed by atoms with Crippen LogP contribution < -0.4 is 5.32 Å². The summed E-state index contributed by atoms with van der Waals surface area (Å²) in [4.78, 5) is 12.5. The van der Waals surface area contributed by atoms with Crippen molar-refractivity contribution in [1.82, 2.24) is 15.1 Å². The summed E-state index contributed by atoms with van der Waals surface area (Å²) in [6.45, 7) is 3.81. The average molecular weight is 348 g/mol. The van der Waals surface area contributed by atoms with E-state index in [0.717, 1.165) is 24.1 Å². The van der Waals surface area contributed by atoms with Crippen molar-refractivity contribution in [3.05, 3.63) is 52.3 Å². The summed E-state index contributed by atoms with van der Waals surface area (Å²) in [5.41, 5.74) is 2.41. The molecule has 5 nitrogen and oxygen atoms in total. The number of hydrogen-bond donors (Lipinski definition) is 1. The fourth-order valence-electron chi connectivity index (χ4n) is 3.31. The smallest absolute Gasteiger partial charge is 0.269 e. The first-order valence-electron chi connectivity index (χ1n) is 8.13. The van der Waals surface area contributed by atoms with Gasteiger partial charge in [0.1, 0.15) is 5.69 Å². The summed E-state index contributed by atoms with van der Waals surface area (Å²) in [7, 11) is 1.78. The van der Waals surface area contributed by atoms with Crippen molar-refractivity contribution in [2.24, 2.45) is 7.05 Å². The van der Waals surface area contributed by atoms with Gasteiger partial charge in [0.05, 0.1) is 5.69 Å². The Morgan fingerprint density at radius 2 is 2.12 bits per heavy atom. The molecule has 3 rings (SSSR count). The van der Waals surface area contributed by atoms with Gasteiger partial charge in [-0.2, -0.15) is 5.10 Å². The molecule has 0 aliphatic carbocycles. The Labute approximate surface area is 147 Å². The first kappa shape index (κ1) is 17.0. The third kappa shape index (κ3) is 3.47. The van der Waals surface area contributed by atoms with Gasteiger partial charge in [-0.15, -0.1) is 0 Å². The molecule has 0 saturated carbocycles. The molecule has 1 aliphatic heterocycles. The van der Waals surface area contributed by atoms with Gasteiger partial charge in [0, 0.05) is 37.2 Å². The Morgan fingerprint density at radius 1 is 1.38 bits per heavy atom. The maximum atomic E-state index is 12.5. The number of halogens is 1. The molecule has 1 N–H and O–H groups in total. The van der Waals surface area contributed by atoms with Gasteiger partial charge in [0.15, 0.2) is 0 Å². The fourth-order valence-corrected chi connectivity index (χ4v) is 3.50. The van der Waals surface area contributed by atoms with Gasteiger partial charge in [-0.05, 0) is 43.5 Å². The predicted molar refractivity (Wildman–Crippen MR) is 93.5 cm³/mol. The van der Waals surface area contributed by atoms with Crippen molar-refractivity contribution >= 4 is 17.5 Å². The number of ether oxygens (including phenoxy) is 1. The number of nitrogens with one attached hydrogen (secondary N) is 1. The summed E-state index contributed by atoms with van der Waals surface area (Å²) >= 11 is 6.18. The largest absolute Gasteiger partial charge is 0.381 e. The van der Waals surface area contributed by atoms with Crippen molar-refractivity contribution in [3.63, 3.8) is 0 Å². The van der Waals surface area contributed by atoms with Crippen LogP contribution in [0.25, 0.3) is 0 Å². The van der Waals surface area contributed by atoms with Gasteiger partial charge in [0.25, 0.3) is 5.91 Å². The lowest BCUT2D eigenvalue weighted by molar-refractivity contribution is 0.0486. The lowest BCUT2D eigenvalue weighted by Gasteiger charge is -2.38.